The molecule has 0 bridgehead atoms. The summed E-state index contributed by atoms with van der Waals surface area (Å²) in [5.41, 5.74) is 0.885. The van der Waals surface area contributed by atoms with Gasteiger partial charge in [-0.1, -0.05) is 19.4 Å². The number of carbonyl (C=O) groups excluding carboxylic acids is 1. The fourth-order valence-electron chi connectivity index (χ4n) is 3.24. The Morgan fingerprint density at radius 3 is 2.71 bits per heavy atom. The highest BCUT2D eigenvalue weighted by Gasteiger charge is 2.31. The number of benzene rings is 1. The predicted molar refractivity (Wildman–Crippen MR) is 113 cm³/mol. The van der Waals surface area contributed by atoms with Gasteiger partial charge in [-0.2, -0.15) is 4.99 Å². The van der Waals surface area contributed by atoms with Crippen molar-refractivity contribution >= 4 is 28.9 Å². The molecule has 2 aliphatic rings. The van der Waals surface area contributed by atoms with Crippen LogP contribution in [0.1, 0.15) is 39.2 Å². The van der Waals surface area contributed by atoms with E-state index in [9.17, 15) is 4.79 Å². The van der Waals surface area contributed by atoms with Gasteiger partial charge in [0.2, 0.25) is 0 Å². The van der Waals surface area contributed by atoms with Crippen molar-refractivity contribution in [2.45, 2.75) is 45.8 Å². The van der Waals surface area contributed by atoms with Crippen LogP contribution in [0.15, 0.2) is 28.1 Å². The molecule has 0 spiro atoms. The van der Waals surface area contributed by atoms with E-state index in [-0.39, 0.29) is 18.1 Å². The fraction of sp³-hybridized carbons (Fsp3) is 0.524. The number of rotatable bonds is 6. The van der Waals surface area contributed by atoms with Gasteiger partial charge in [-0.25, -0.2) is 0 Å². The number of nitrogens with zero attached hydrogens (tertiary/aromatic N) is 2. The topological polar surface area (TPSA) is 60.4 Å². The predicted octanol–water partition coefficient (Wildman–Crippen LogP) is 3.95. The molecule has 0 saturated carbocycles. The number of unbranched alkanes of at least 4 members (excludes halogenated alkanes) is 1. The number of hydrogen-bond donors (Lipinski definition) is 0. The van der Waals surface area contributed by atoms with Crippen LogP contribution in [0.4, 0.5) is 0 Å². The zero-order valence-electron chi connectivity index (χ0n) is 16.9. The lowest BCUT2D eigenvalue weighted by Gasteiger charge is -2.35. The highest BCUT2D eigenvalue weighted by Crippen LogP contribution is 2.34. The third kappa shape index (κ3) is 5.08. The van der Waals surface area contributed by atoms with Gasteiger partial charge in [0.1, 0.15) is 0 Å². The van der Waals surface area contributed by atoms with E-state index in [0.29, 0.717) is 17.3 Å². The van der Waals surface area contributed by atoms with Crippen molar-refractivity contribution < 1.29 is 19.0 Å². The molecule has 0 aliphatic carbocycles. The zero-order valence-corrected chi connectivity index (χ0v) is 17.8. The van der Waals surface area contributed by atoms with E-state index in [0.717, 1.165) is 42.4 Å². The van der Waals surface area contributed by atoms with Crippen molar-refractivity contribution in [3.8, 4) is 11.5 Å². The molecule has 2 heterocycles. The Kier molecular flexibility index (Phi) is 7.02. The van der Waals surface area contributed by atoms with Crippen molar-refractivity contribution in [1.29, 1.82) is 0 Å². The van der Waals surface area contributed by atoms with Crippen LogP contribution in [0.25, 0.3) is 6.08 Å². The van der Waals surface area contributed by atoms with Crippen molar-refractivity contribution in [1.82, 2.24) is 4.90 Å². The molecule has 28 heavy (non-hydrogen) atoms. The van der Waals surface area contributed by atoms with E-state index < -0.39 is 0 Å². The van der Waals surface area contributed by atoms with Gasteiger partial charge in [0.25, 0.3) is 5.91 Å². The van der Waals surface area contributed by atoms with Gasteiger partial charge in [0.15, 0.2) is 16.7 Å². The molecule has 1 amide bonds. The van der Waals surface area contributed by atoms with E-state index in [1.54, 1.807) is 7.11 Å². The first-order chi connectivity index (χ1) is 13.5. The van der Waals surface area contributed by atoms with Gasteiger partial charge in [0, 0.05) is 13.1 Å². The van der Waals surface area contributed by atoms with Crippen molar-refractivity contribution in [2.24, 2.45) is 4.99 Å². The second-order valence-corrected chi connectivity index (χ2v) is 8.09. The maximum absolute atomic E-state index is 12.4. The second kappa shape index (κ2) is 9.47. The molecule has 1 aromatic carbocycles. The molecule has 1 saturated heterocycles. The maximum atomic E-state index is 12.4. The third-order valence-corrected chi connectivity index (χ3v) is 5.58. The quantitative estimate of drug-likeness (QED) is 0.528. The van der Waals surface area contributed by atoms with Crippen molar-refractivity contribution in [3.05, 3.63) is 28.7 Å². The van der Waals surface area contributed by atoms with Crippen LogP contribution in [-0.4, -0.2) is 55.0 Å². The maximum Gasteiger partial charge on any atom is 0.286 e. The number of aliphatic imine (C=N–C) groups is 1. The van der Waals surface area contributed by atoms with Gasteiger partial charge in [0.05, 0.1) is 30.8 Å². The van der Waals surface area contributed by atoms with E-state index in [1.165, 1.54) is 11.8 Å². The Bertz CT molecular complexity index is 768. The summed E-state index contributed by atoms with van der Waals surface area (Å²) in [6.07, 6.45) is 4.18. The number of hydrogen-bond acceptors (Lipinski definition) is 6. The molecule has 2 atom stereocenters. The Hall–Kier alpha value is -1.99. The van der Waals surface area contributed by atoms with E-state index in [1.807, 2.05) is 38.1 Å². The summed E-state index contributed by atoms with van der Waals surface area (Å²) in [6, 6.07) is 5.71. The molecule has 0 aromatic heterocycles. The van der Waals surface area contributed by atoms with Crippen molar-refractivity contribution in [3.63, 3.8) is 0 Å². The number of thioether (sulfide) groups is 1. The highest BCUT2D eigenvalue weighted by atomic mass is 32.2. The number of methoxy groups -OCH3 is 1. The summed E-state index contributed by atoms with van der Waals surface area (Å²) in [5.74, 6) is 1.18. The van der Waals surface area contributed by atoms with Crippen LogP contribution >= 0.6 is 11.8 Å². The highest BCUT2D eigenvalue weighted by molar-refractivity contribution is 8.18. The molecule has 1 aromatic rings. The first-order valence-electron chi connectivity index (χ1n) is 9.74. The molecule has 152 valence electrons. The van der Waals surface area contributed by atoms with Crippen LogP contribution in [0.3, 0.4) is 0 Å². The van der Waals surface area contributed by atoms with Gasteiger partial charge >= 0.3 is 0 Å². The first-order valence-corrected chi connectivity index (χ1v) is 10.6. The lowest BCUT2D eigenvalue weighted by Crippen LogP contribution is -2.47. The summed E-state index contributed by atoms with van der Waals surface area (Å²) >= 11 is 1.42. The van der Waals surface area contributed by atoms with Crippen LogP contribution in [0.5, 0.6) is 11.5 Å². The summed E-state index contributed by atoms with van der Waals surface area (Å²) in [7, 11) is 1.62. The summed E-state index contributed by atoms with van der Waals surface area (Å²) in [4.78, 5) is 19.4. The SMILES string of the molecule is CCCCOc1ccc(/C=C2/SC(N3C[C@@H](C)O[C@@H](C)C3)=NC2=O)cc1OC. The molecule has 2 aliphatic heterocycles. The van der Waals surface area contributed by atoms with Gasteiger partial charge in [-0.15, -0.1) is 0 Å². The summed E-state index contributed by atoms with van der Waals surface area (Å²) in [6.45, 7) is 8.36. The van der Waals surface area contributed by atoms with Crippen LogP contribution < -0.4 is 9.47 Å². The smallest absolute Gasteiger partial charge is 0.286 e. The molecule has 0 radical (unpaired) electrons. The Morgan fingerprint density at radius 2 is 2.04 bits per heavy atom. The molecule has 3 rings (SSSR count). The second-order valence-electron chi connectivity index (χ2n) is 7.08. The van der Waals surface area contributed by atoms with E-state index in [4.69, 9.17) is 14.2 Å². The zero-order chi connectivity index (χ0) is 20.1. The average molecular weight is 405 g/mol. The minimum Gasteiger partial charge on any atom is -0.493 e. The van der Waals surface area contributed by atoms with E-state index in [2.05, 4.69) is 16.8 Å². The summed E-state index contributed by atoms with van der Waals surface area (Å²) < 4.78 is 17.0. The Morgan fingerprint density at radius 1 is 1.29 bits per heavy atom. The van der Waals surface area contributed by atoms with Crippen LogP contribution in [0, 0.1) is 0 Å². The largest absolute Gasteiger partial charge is 0.493 e. The number of morpholine rings is 1. The number of amidine groups is 1. The molecular formula is C21H28N2O4S. The molecule has 0 N–H and O–H groups in total. The van der Waals surface area contributed by atoms with Gasteiger partial charge in [-0.3, -0.25) is 4.79 Å². The third-order valence-electron chi connectivity index (χ3n) is 4.54. The number of amides is 1. The molecule has 7 heteroatoms. The first kappa shape index (κ1) is 20.7. The molecule has 0 unspecified atom stereocenters. The minimum atomic E-state index is -0.200. The summed E-state index contributed by atoms with van der Waals surface area (Å²) in [5, 5.41) is 0.754. The molecule has 1 fully saturated rings. The lowest BCUT2D eigenvalue weighted by atomic mass is 10.2. The monoisotopic (exact) mass is 404 g/mol. The normalized spacial score (nSPS) is 23.9. The van der Waals surface area contributed by atoms with Crippen LogP contribution in [-0.2, 0) is 9.53 Å². The fourth-order valence-corrected chi connectivity index (χ4v) is 4.17. The standard InChI is InChI=1S/C21H28N2O4S/c1-5-6-9-26-17-8-7-16(10-18(17)25-4)11-19-20(24)22-21(28-19)23-12-14(2)27-15(3)13-23/h7-8,10-11,14-15H,5-6,9,12-13H2,1-4H3/b19-11+/t14-,15+. The van der Waals surface area contributed by atoms with E-state index >= 15 is 0 Å². The van der Waals surface area contributed by atoms with Gasteiger partial charge < -0.3 is 19.1 Å². The Labute approximate surface area is 170 Å². The molecular weight excluding hydrogens is 376 g/mol. The van der Waals surface area contributed by atoms with Crippen LogP contribution in [0.2, 0.25) is 0 Å². The minimum absolute atomic E-state index is 0.125. The average Bonchev–Trinajstić information content (AvgIpc) is 3.02. The lowest BCUT2D eigenvalue weighted by molar-refractivity contribution is -0.113. The van der Waals surface area contributed by atoms with Crippen molar-refractivity contribution in [2.75, 3.05) is 26.8 Å². The number of carbonyl (C=O) groups is 1. The number of ether oxygens (including phenoxy) is 3. The molecule has 6 nitrogen and oxygen atoms in total. The Balaban J connectivity index is 1.71. The van der Waals surface area contributed by atoms with Gasteiger partial charge in [-0.05, 0) is 55.8 Å².